The highest BCUT2D eigenvalue weighted by Crippen LogP contribution is 2.49. The highest BCUT2D eigenvalue weighted by atomic mass is 19.1. The van der Waals surface area contributed by atoms with Crippen molar-refractivity contribution in [1.82, 2.24) is 0 Å². The monoisotopic (exact) mass is 482 g/mol. The Morgan fingerprint density at radius 3 is 2.40 bits per heavy atom. The van der Waals surface area contributed by atoms with Gasteiger partial charge in [0.25, 0.3) is 0 Å². The van der Waals surface area contributed by atoms with Gasteiger partial charge < -0.3 is 9.47 Å². The predicted octanol–water partition coefficient (Wildman–Crippen LogP) is 8.29. The summed E-state index contributed by atoms with van der Waals surface area (Å²) in [6.07, 6.45) is 20.6. The van der Waals surface area contributed by atoms with Crippen molar-refractivity contribution in [2.75, 3.05) is 6.61 Å². The Morgan fingerprint density at radius 2 is 1.69 bits per heavy atom. The highest BCUT2D eigenvalue weighted by Gasteiger charge is 2.39. The van der Waals surface area contributed by atoms with E-state index in [1.807, 2.05) is 19.1 Å². The van der Waals surface area contributed by atoms with Crippen molar-refractivity contribution >= 4 is 5.97 Å². The van der Waals surface area contributed by atoms with Crippen LogP contribution < -0.4 is 9.47 Å². The second-order valence-electron chi connectivity index (χ2n) is 11.1. The maximum atomic E-state index is 14.4. The van der Waals surface area contributed by atoms with Crippen molar-refractivity contribution in [3.63, 3.8) is 0 Å². The summed E-state index contributed by atoms with van der Waals surface area (Å²) in [7, 11) is 0. The minimum atomic E-state index is -0.555. The minimum Gasteiger partial charge on any atom is -0.489 e. The number of hydrogen-bond acceptors (Lipinski definition) is 3. The van der Waals surface area contributed by atoms with Crippen LogP contribution in [0.3, 0.4) is 0 Å². The lowest BCUT2D eigenvalue weighted by Gasteiger charge is -2.45. The van der Waals surface area contributed by atoms with Gasteiger partial charge in [-0.15, -0.1) is 6.58 Å². The van der Waals surface area contributed by atoms with E-state index in [1.54, 1.807) is 6.07 Å². The highest BCUT2D eigenvalue weighted by molar-refractivity contribution is 5.75. The van der Waals surface area contributed by atoms with E-state index in [4.69, 9.17) is 9.47 Å². The van der Waals surface area contributed by atoms with E-state index in [2.05, 4.69) is 12.7 Å². The molecule has 0 aliphatic heterocycles. The van der Waals surface area contributed by atoms with Crippen molar-refractivity contribution < 1.29 is 18.7 Å². The van der Waals surface area contributed by atoms with Crippen LogP contribution in [0.2, 0.25) is 0 Å². The number of rotatable bonds is 9. The summed E-state index contributed by atoms with van der Waals surface area (Å²) in [5.41, 5.74) is 0. The van der Waals surface area contributed by atoms with Crippen molar-refractivity contribution in [2.24, 2.45) is 35.5 Å². The molecule has 1 aromatic carbocycles. The molecule has 4 heteroatoms. The largest absolute Gasteiger partial charge is 0.489 e. The van der Waals surface area contributed by atoms with E-state index in [9.17, 15) is 9.18 Å². The normalized spacial score (nSPS) is 31.0. The fourth-order valence-electron chi connectivity index (χ4n) is 6.98. The number of ether oxygens (including phenoxy) is 2. The van der Waals surface area contributed by atoms with Crippen molar-refractivity contribution in [3.05, 3.63) is 48.8 Å². The Balaban J connectivity index is 1.21. The summed E-state index contributed by atoms with van der Waals surface area (Å²) in [4.78, 5) is 12.8. The lowest BCUT2D eigenvalue weighted by Crippen LogP contribution is -2.35. The molecule has 0 spiro atoms. The zero-order valence-corrected chi connectivity index (χ0v) is 21.4. The average Bonchev–Trinajstić information content (AvgIpc) is 2.88. The molecule has 4 atom stereocenters. The fourth-order valence-corrected chi connectivity index (χ4v) is 6.98. The molecule has 3 aliphatic rings. The number of allylic oxidation sites excluding steroid dienone is 2. The van der Waals surface area contributed by atoms with E-state index in [1.165, 1.54) is 63.5 Å². The SMILES string of the molecule is C=CCCC1CCC2CC(C3CCC(C(=O)Oc4ccc(OC/C=C/C)cc4F)CC3)CCC2C1. The summed E-state index contributed by atoms with van der Waals surface area (Å²) in [5, 5.41) is 0. The van der Waals surface area contributed by atoms with Crippen LogP contribution in [0.4, 0.5) is 4.39 Å². The molecule has 3 fully saturated rings. The third-order valence-corrected chi connectivity index (χ3v) is 9.01. The third kappa shape index (κ3) is 6.98. The van der Waals surface area contributed by atoms with Crippen LogP contribution >= 0.6 is 0 Å². The zero-order valence-electron chi connectivity index (χ0n) is 21.4. The molecule has 0 saturated heterocycles. The van der Waals surface area contributed by atoms with Gasteiger partial charge in [-0.1, -0.05) is 24.6 Å². The van der Waals surface area contributed by atoms with Crippen LogP contribution in [-0.4, -0.2) is 12.6 Å². The number of carbonyl (C=O) groups is 1. The van der Waals surface area contributed by atoms with E-state index < -0.39 is 5.82 Å². The Labute approximate surface area is 211 Å². The van der Waals surface area contributed by atoms with Crippen LogP contribution in [0.1, 0.15) is 84.0 Å². The molecule has 0 N–H and O–H groups in total. The van der Waals surface area contributed by atoms with Gasteiger partial charge in [0, 0.05) is 6.07 Å². The van der Waals surface area contributed by atoms with Gasteiger partial charge in [-0.25, -0.2) is 4.39 Å². The summed E-state index contributed by atoms with van der Waals surface area (Å²) < 4.78 is 25.4. The molecule has 192 valence electrons. The molecule has 3 saturated carbocycles. The third-order valence-electron chi connectivity index (χ3n) is 9.01. The van der Waals surface area contributed by atoms with Crippen LogP contribution in [0.5, 0.6) is 11.5 Å². The van der Waals surface area contributed by atoms with Crippen LogP contribution in [0, 0.1) is 41.3 Å². The predicted molar refractivity (Wildman–Crippen MR) is 139 cm³/mol. The van der Waals surface area contributed by atoms with Gasteiger partial charge in [0.05, 0.1) is 5.92 Å². The van der Waals surface area contributed by atoms with E-state index >= 15 is 0 Å². The molecular weight excluding hydrogens is 439 g/mol. The van der Waals surface area contributed by atoms with E-state index in [0.29, 0.717) is 12.4 Å². The van der Waals surface area contributed by atoms with Gasteiger partial charge in [0.2, 0.25) is 0 Å². The molecule has 4 rings (SSSR count). The first kappa shape index (κ1) is 26.0. The Hall–Kier alpha value is -2.10. The van der Waals surface area contributed by atoms with Crippen molar-refractivity contribution in [2.45, 2.75) is 84.0 Å². The van der Waals surface area contributed by atoms with Crippen molar-refractivity contribution in [3.8, 4) is 11.5 Å². The van der Waals surface area contributed by atoms with E-state index in [-0.39, 0.29) is 17.6 Å². The first-order valence-electron chi connectivity index (χ1n) is 13.9. The molecule has 0 amide bonds. The average molecular weight is 483 g/mol. The Morgan fingerprint density at radius 1 is 1.00 bits per heavy atom. The standard InChI is InChI=1S/C31H43FO3/c1-3-5-7-22-8-9-27-20-26(15-14-25(27)19-22)23-10-12-24(13-11-23)31(33)35-30-17-16-28(21-29(30)32)34-18-6-4-2/h3-4,6,16-17,21-27H,1,5,7-15,18-20H2,2H3/b6-4+. The van der Waals surface area contributed by atoms with E-state index in [0.717, 1.165) is 55.3 Å². The van der Waals surface area contributed by atoms with Gasteiger partial charge >= 0.3 is 5.97 Å². The molecule has 4 unspecified atom stereocenters. The number of benzene rings is 1. The van der Waals surface area contributed by atoms with Crippen molar-refractivity contribution in [1.29, 1.82) is 0 Å². The number of halogens is 1. The second-order valence-corrected chi connectivity index (χ2v) is 11.1. The number of esters is 1. The number of carbonyl (C=O) groups excluding carboxylic acids is 1. The van der Waals surface area contributed by atoms with Crippen LogP contribution in [-0.2, 0) is 4.79 Å². The van der Waals surface area contributed by atoms with Crippen LogP contribution in [0.15, 0.2) is 43.0 Å². The summed E-state index contributed by atoms with van der Waals surface area (Å²) >= 11 is 0. The maximum absolute atomic E-state index is 14.4. The molecule has 0 aromatic heterocycles. The summed E-state index contributed by atoms with van der Waals surface area (Å²) in [6.45, 7) is 6.18. The molecular formula is C31H43FO3. The van der Waals surface area contributed by atoms with Gasteiger partial charge in [-0.05, 0) is 119 Å². The van der Waals surface area contributed by atoms with Gasteiger partial charge in [0.15, 0.2) is 11.6 Å². The van der Waals surface area contributed by atoms with Crippen LogP contribution in [0.25, 0.3) is 0 Å². The Kier molecular flexibility index (Phi) is 9.45. The Bertz CT molecular complexity index is 870. The molecule has 3 nitrogen and oxygen atoms in total. The summed E-state index contributed by atoms with van der Waals surface area (Å²) in [6, 6.07) is 4.43. The molecule has 3 aliphatic carbocycles. The molecule has 0 radical (unpaired) electrons. The van der Waals surface area contributed by atoms with Gasteiger partial charge in [-0.2, -0.15) is 0 Å². The topological polar surface area (TPSA) is 35.5 Å². The number of fused-ring (bicyclic) bond motifs is 1. The first-order valence-corrected chi connectivity index (χ1v) is 13.9. The minimum absolute atomic E-state index is 0.00229. The zero-order chi connectivity index (χ0) is 24.6. The van der Waals surface area contributed by atoms with Gasteiger partial charge in [0.1, 0.15) is 12.4 Å². The first-order chi connectivity index (χ1) is 17.1. The fraction of sp³-hybridized carbons (Fsp3) is 0.645. The quantitative estimate of drug-likeness (QED) is 0.202. The second kappa shape index (κ2) is 12.7. The smallest absolute Gasteiger partial charge is 0.314 e. The summed E-state index contributed by atoms with van der Waals surface area (Å²) in [5.74, 6) is 3.81. The van der Waals surface area contributed by atoms with Gasteiger partial charge in [-0.3, -0.25) is 4.79 Å². The molecule has 0 heterocycles. The lowest BCUT2D eigenvalue weighted by molar-refractivity contribution is -0.140. The molecule has 35 heavy (non-hydrogen) atoms. The molecule has 0 bridgehead atoms. The maximum Gasteiger partial charge on any atom is 0.314 e. The number of hydrogen-bond donors (Lipinski definition) is 0. The molecule has 1 aromatic rings. The lowest BCUT2D eigenvalue weighted by atomic mass is 9.60.